The van der Waals surface area contributed by atoms with Gasteiger partial charge < -0.3 is 10.2 Å². The zero-order chi connectivity index (χ0) is 17.5. The molecule has 1 aromatic heterocycles. The molecule has 126 valence electrons. The Morgan fingerprint density at radius 2 is 1.36 bits per heavy atom. The summed E-state index contributed by atoms with van der Waals surface area (Å²) < 4.78 is 0. The molecule has 9 nitrogen and oxygen atoms in total. The van der Waals surface area contributed by atoms with Crippen molar-refractivity contribution in [1.29, 1.82) is 0 Å². The summed E-state index contributed by atoms with van der Waals surface area (Å²) in [4.78, 5) is 4.00. The third-order valence-electron chi connectivity index (χ3n) is 3.25. The number of nitrogens with zero attached hydrogens (tertiary/aromatic N) is 6. The molecule has 0 spiro atoms. The molecule has 0 fully saturated rings. The molecule has 1 heterocycles. The van der Waals surface area contributed by atoms with Gasteiger partial charge in [-0.25, -0.2) is 5.10 Å². The number of nitrogens with one attached hydrogen (secondary N) is 1. The quantitative estimate of drug-likeness (QED) is 0.590. The zero-order valence-corrected chi connectivity index (χ0v) is 13.1. The van der Waals surface area contributed by atoms with E-state index < -0.39 is 0 Å². The van der Waals surface area contributed by atoms with Gasteiger partial charge in [-0.1, -0.05) is 36.4 Å². The van der Waals surface area contributed by atoms with Gasteiger partial charge in [0.25, 0.3) is 11.9 Å². The number of para-hydroxylation sites is 2. The normalized spacial score (nSPS) is 11.5. The molecule has 9 heteroatoms. The van der Waals surface area contributed by atoms with Crippen molar-refractivity contribution in [1.82, 2.24) is 15.2 Å². The van der Waals surface area contributed by atoms with Gasteiger partial charge in [0.05, 0.1) is 13.1 Å². The summed E-state index contributed by atoms with van der Waals surface area (Å²) in [6.07, 6.45) is 0. The van der Waals surface area contributed by atoms with Crippen molar-refractivity contribution in [2.24, 2.45) is 20.5 Å². The molecule has 0 saturated carbocycles. The number of aromatic amines is 1. The van der Waals surface area contributed by atoms with Crippen LogP contribution in [0, 0.1) is 0 Å². The van der Waals surface area contributed by atoms with Crippen LogP contribution < -0.4 is 0 Å². The number of rotatable bonds is 6. The largest absolute Gasteiger partial charge is 0.508 e. The molecule has 0 radical (unpaired) electrons. The van der Waals surface area contributed by atoms with E-state index in [1.807, 2.05) is 6.07 Å². The first-order chi connectivity index (χ1) is 12.2. The lowest BCUT2D eigenvalue weighted by Gasteiger charge is -1.97. The van der Waals surface area contributed by atoms with E-state index in [0.29, 0.717) is 11.1 Å². The van der Waals surface area contributed by atoms with Crippen molar-refractivity contribution in [2.75, 3.05) is 0 Å². The lowest BCUT2D eigenvalue weighted by Crippen LogP contribution is -1.80. The highest BCUT2D eigenvalue weighted by atomic mass is 16.3. The van der Waals surface area contributed by atoms with Crippen LogP contribution in [0.15, 0.2) is 69.0 Å². The summed E-state index contributed by atoms with van der Waals surface area (Å²) in [6.45, 7) is 0.433. The van der Waals surface area contributed by atoms with Crippen LogP contribution in [0.2, 0.25) is 0 Å². The summed E-state index contributed by atoms with van der Waals surface area (Å²) in [5, 5.41) is 41.3. The van der Waals surface area contributed by atoms with E-state index in [0.717, 1.165) is 0 Å². The maximum Gasteiger partial charge on any atom is 0.288 e. The Balaban J connectivity index is 1.57. The fourth-order valence-corrected chi connectivity index (χ4v) is 1.98. The van der Waals surface area contributed by atoms with E-state index in [-0.39, 0.29) is 36.5 Å². The van der Waals surface area contributed by atoms with Crippen LogP contribution in [0.4, 0.5) is 11.9 Å². The minimum atomic E-state index is 0.118. The molecular weight excluding hydrogens is 322 g/mol. The summed E-state index contributed by atoms with van der Waals surface area (Å²) in [5.74, 6) is 0.631. The van der Waals surface area contributed by atoms with E-state index >= 15 is 0 Å². The Bertz CT molecular complexity index is 833. The maximum atomic E-state index is 9.64. The topological polar surface area (TPSA) is 131 Å². The molecular formula is C16H15N7O2. The fraction of sp³-hybridized carbons (Fsp3) is 0.125. The van der Waals surface area contributed by atoms with E-state index in [9.17, 15) is 10.2 Å². The van der Waals surface area contributed by atoms with Gasteiger partial charge in [0.2, 0.25) is 0 Å². The molecule has 0 amide bonds. The summed E-state index contributed by atoms with van der Waals surface area (Å²) in [5.41, 5.74) is 1.32. The van der Waals surface area contributed by atoms with Gasteiger partial charge in [-0.05, 0) is 12.1 Å². The molecule has 0 aliphatic carbocycles. The second-order valence-electron chi connectivity index (χ2n) is 5.02. The van der Waals surface area contributed by atoms with Crippen molar-refractivity contribution in [3.05, 3.63) is 59.7 Å². The molecule has 3 aromatic rings. The molecule has 3 N–H and O–H groups in total. The van der Waals surface area contributed by atoms with Crippen molar-refractivity contribution in [3.63, 3.8) is 0 Å². The molecule has 0 unspecified atom stereocenters. The van der Waals surface area contributed by atoms with Crippen LogP contribution in [0.1, 0.15) is 11.1 Å². The molecule has 3 rings (SSSR count). The Kier molecular flexibility index (Phi) is 5.05. The van der Waals surface area contributed by atoms with Gasteiger partial charge in [0.1, 0.15) is 11.5 Å². The number of hydrogen-bond acceptors (Lipinski definition) is 8. The van der Waals surface area contributed by atoms with Gasteiger partial charge in [-0.15, -0.1) is 15.3 Å². The minimum absolute atomic E-state index is 0.118. The predicted molar refractivity (Wildman–Crippen MR) is 89.0 cm³/mol. The third kappa shape index (κ3) is 4.44. The first-order valence-electron chi connectivity index (χ1n) is 7.43. The predicted octanol–water partition coefficient (Wildman–Crippen LogP) is 3.78. The van der Waals surface area contributed by atoms with Crippen LogP contribution in [-0.4, -0.2) is 25.4 Å². The summed E-state index contributed by atoms with van der Waals surface area (Å²) in [7, 11) is 0. The van der Waals surface area contributed by atoms with Crippen LogP contribution in [-0.2, 0) is 13.1 Å². The first-order valence-corrected chi connectivity index (χ1v) is 7.43. The molecule has 0 aliphatic heterocycles. The number of benzene rings is 2. The molecule has 25 heavy (non-hydrogen) atoms. The Morgan fingerprint density at radius 3 is 1.96 bits per heavy atom. The van der Waals surface area contributed by atoms with Gasteiger partial charge >= 0.3 is 0 Å². The van der Waals surface area contributed by atoms with Crippen molar-refractivity contribution >= 4 is 11.9 Å². The highest BCUT2D eigenvalue weighted by Gasteiger charge is 2.02. The van der Waals surface area contributed by atoms with E-state index in [2.05, 4.69) is 35.6 Å². The van der Waals surface area contributed by atoms with Gasteiger partial charge in [0.15, 0.2) is 0 Å². The highest BCUT2D eigenvalue weighted by molar-refractivity contribution is 5.32. The standard InChI is InChI=1S/C16H15N7O2/c24-13-7-3-1-5-11(13)9-17-20-15-19-16(23-22-15)21-18-10-12-6-2-4-8-14(12)25/h1-8,24-25H,9-10H2,(H,19,22,23). The highest BCUT2D eigenvalue weighted by Crippen LogP contribution is 2.19. The smallest absolute Gasteiger partial charge is 0.288 e. The van der Waals surface area contributed by atoms with Gasteiger partial charge in [-0.3, -0.25) is 0 Å². The monoisotopic (exact) mass is 337 g/mol. The SMILES string of the molecule is Oc1ccccc1CN=Nc1n[nH]c(N=NCc2ccccc2O)n1. The van der Waals surface area contributed by atoms with Crippen molar-refractivity contribution in [2.45, 2.75) is 13.1 Å². The van der Waals surface area contributed by atoms with Crippen LogP contribution >= 0.6 is 0 Å². The average Bonchev–Trinajstić information content (AvgIpc) is 3.06. The molecule has 2 aromatic carbocycles. The minimum Gasteiger partial charge on any atom is -0.508 e. The van der Waals surface area contributed by atoms with E-state index in [1.165, 1.54) is 0 Å². The number of hydrogen-bond donors (Lipinski definition) is 3. The lowest BCUT2D eigenvalue weighted by atomic mass is 10.2. The average molecular weight is 337 g/mol. The summed E-state index contributed by atoms with van der Waals surface area (Å²) >= 11 is 0. The molecule has 0 atom stereocenters. The van der Waals surface area contributed by atoms with Crippen LogP contribution in [0.3, 0.4) is 0 Å². The van der Waals surface area contributed by atoms with E-state index in [4.69, 9.17) is 0 Å². The number of azo groups is 2. The second-order valence-corrected chi connectivity index (χ2v) is 5.02. The second kappa shape index (κ2) is 7.77. The maximum absolute atomic E-state index is 9.64. The number of H-pyrrole nitrogens is 1. The number of aromatic nitrogens is 3. The number of phenols is 2. The summed E-state index contributed by atoms with van der Waals surface area (Å²) in [6, 6.07) is 13.8. The van der Waals surface area contributed by atoms with Crippen molar-refractivity contribution in [3.8, 4) is 11.5 Å². The van der Waals surface area contributed by atoms with E-state index in [1.54, 1.807) is 42.5 Å². The first kappa shape index (κ1) is 16.2. The zero-order valence-electron chi connectivity index (χ0n) is 13.1. The Hall–Kier alpha value is -3.62. The van der Waals surface area contributed by atoms with Gasteiger partial charge in [0, 0.05) is 11.1 Å². The molecule has 0 aliphatic rings. The fourth-order valence-electron chi connectivity index (χ4n) is 1.98. The lowest BCUT2D eigenvalue weighted by molar-refractivity contribution is 0.467. The molecule has 0 bridgehead atoms. The number of aromatic hydroxyl groups is 2. The molecule has 0 saturated heterocycles. The number of phenolic OH excluding ortho intramolecular Hbond substituents is 2. The van der Waals surface area contributed by atoms with Crippen LogP contribution in [0.5, 0.6) is 11.5 Å². The van der Waals surface area contributed by atoms with Crippen LogP contribution in [0.25, 0.3) is 0 Å². The van der Waals surface area contributed by atoms with Crippen molar-refractivity contribution < 1.29 is 10.2 Å². The Labute approximate surface area is 142 Å². The van der Waals surface area contributed by atoms with Gasteiger partial charge in [-0.2, -0.15) is 15.2 Å². The Morgan fingerprint density at radius 1 is 0.800 bits per heavy atom. The third-order valence-corrected chi connectivity index (χ3v) is 3.25.